The molecule has 0 radical (unpaired) electrons. The summed E-state index contributed by atoms with van der Waals surface area (Å²) in [5.74, 6) is -0.555. The number of nitrogens with zero attached hydrogens (tertiary/aromatic N) is 4. The molecule has 7 heteroatoms. The van der Waals surface area contributed by atoms with Gasteiger partial charge in [0.05, 0.1) is 11.1 Å². The zero-order valence-electron chi connectivity index (χ0n) is 12.7. The Kier molecular flexibility index (Phi) is 4.27. The Labute approximate surface area is 132 Å². The maximum Gasteiger partial charge on any atom is 0.252 e. The van der Waals surface area contributed by atoms with E-state index in [1.165, 1.54) is 18.5 Å². The number of amides is 1. The van der Waals surface area contributed by atoms with Gasteiger partial charge >= 0.3 is 0 Å². The Morgan fingerprint density at radius 1 is 1.35 bits per heavy atom. The van der Waals surface area contributed by atoms with Crippen LogP contribution in [-0.4, -0.2) is 32.2 Å². The third-order valence-electron chi connectivity index (χ3n) is 3.46. The van der Waals surface area contributed by atoms with E-state index in [0.717, 1.165) is 6.42 Å². The number of nitrogens with one attached hydrogen (secondary N) is 1. The molecule has 1 N–H and O–H groups in total. The summed E-state index contributed by atoms with van der Waals surface area (Å²) in [6, 6.07) is 5.97. The molecule has 0 unspecified atom stereocenters. The lowest BCUT2D eigenvalue weighted by Gasteiger charge is -2.09. The molecule has 0 spiro atoms. The van der Waals surface area contributed by atoms with Crippen LogP contribution < -0.4 is 5.32 Å². The largest absolute Gasteiger partial charge is 0.352 e. The van der Waals surface area contributed by atoms with Crippen LogP contribution in [0.4, 0.5) is 4.39 Å². The monoisotopic (exact) mass is 313 g/mol. The molecule has 6 nitrogen and oxygen atoms in total. The lowest BCUT2D eigenvalue weighted by atomic mass is 10.1. The second kappa shape index (κ2) is 6.51. The summed E-state index contributed by atoms with van der Waals surface area (Å²) in [5, 5.41) is 7.52. The first-order valence-electron chi connectivity index (χ1n) is 7.31. The fourth-order valence-corrected chi connectivity index (χ4v) is 2.41. The summed E-state index contributed by atoms with van der Waals surface area (Å²) in [5.41, 5.74) is 1.67. The molecule has 0 saturated carbocycles. The minimum absolute atomic E-state index is 0.189. The number of hydrogen-bond acceptors (Lipinski definition) is 4. The van der Waals surface area contributed by atoms with Gasteiger partial charge in [0.25, 0.3) is 5.91 Å². The predicted octanol–water partition coefficient (Wildman–Crippen LogP) is 2.09. The van der Waals surface area contributed by atoms with Crippen molar-refractivity contribution < 1.29 is 9.18 Å². The van der Waals surface area contributed by atoms with Crippen molar-refractivity contribution in [3.8, 4) is 0 Å². The van der Waals surface area contributed by atoms with Crippen molar-refractivity contribution in [2.24, 2.45) is 0 Å². The van der Waals surface area contributed by atoms with E-state index < -0.39 is 0 Å². The second-order valence-corrected chi connectivity index (χ2v) is 5.24. The van der Waals surface area contributed by atoms with Crippen molar-refractivity contribution in [1.82, 2.24) is 25.1 Å². The summed E-state index contributed by atoms with van der Waals surface area (Å²) < 4.78 is 15.0. The Balaban J connectivity index is 1.70. The number of aromatic nitrogens is 4. The highest BCUT2D eigenvalue weighted by Crippen LogP contribution is 2.19. The summed E-state index contributed by atoms with van der Waals surface area (Å²) in [7, 11) is 0. The molecule has 3 rings (SSSR count). The number of carbonyl (C=O) groups excluding carboxylic acids is 1. The molecule has 118 valence electrons. The maximum atomic E-state index is 13.3. The first-order valence-corrected chi connectivity index (χ1v) is 7.31. The summed E-state index contributed by atoms with van der Waals surface area (Å²) in [6.45, 7) is 2.98. The van der Waals surface area contributed by atoms with Gasteiger partial charge in [0, 0.05) is 30.2 Å². The second-order valence-electron chi connectivity index (χ2n) is 5.24. The van der Waals surface area contributed by atoms with Gasteiger partial charge in [0.2, 0.25) is 0 Å². The topological polar surface area (TPSA) is 72.7 Å². The van der Waals surface area contributed by atoms with Crippen LogP contribution in [0.25, 0.3) is 10.9 Å². The van der Waals surface area contributed by atoms with E-state index in [1.807, 2.05) is 0 Å². The van der Waals surface area contributed by atoms with Crippen LogP contribution in [0.1, 0.15) is 22.5 Å². The third-order valence-corrected chi connectivity index (χ3v) is 3.46. The van der Waals surface area contributed by atoms with Crippen molar-refractivity contribution in [2.75, 3.05) is 6.54 Å². The molecule has 0 saturated heterocycles. The Morgan fingerprint density at radius 3 is 3.00 bits per heavy atom. The van der Waals surface area contributed by atoms with E-state index in [0.29, 0.717) is 35.2 Å². The van der Waals surface area contributed by atoms with E-state index in [9.17, 15) is 9.18 Å². The third kappa shape index (κ3) is 3.50. The number of carbonyl (C=O) groups is 1. The van der Waals surface area contributed by atoms with Crippen LogP contribution in [0, 0.1) is 12.7 Å². The van der Waals surface area contributed by atoms with Gasteiger partial charge in [-0.15, -0.1) is 0 Å². The fraction of sp³-hybridized carbons (Fsp3) is 0.250. The number of hydrogen-bond donors (Lipinski definition) is 1. The lowest BCUT2D eigenvalue weighted by Crippen LogP contribution is -2.25. The highest BCUT2D eigenvalue weighted by atomic mass is 19.1. The van der Waals surface area contributed by atoms with Crippen LogP contribution in [0.3, 0.4) is 0 Å². The Bertz CT molecular complexity index is 827. The minimum Gasteiger partial charge on any atom is -0.352 e. The number of rotatable bonds is 5. The van der Waals surface area contributed by atoms with Crippen molar-refractivity contribution in [1.29, 1.82) is 0 Å². The molecule has 1 amide bonds. The summed E-state index contributed by atoms with van der Waals surface area (Å²) in [4.78, 5) is 20.5. The van der Waals surface area contributed by atoms with E-state index in [-0.39, 0.29) is 11.7 Å². The number of benzene rings is 1. The van der Waals surface area contributed by atoms with Crippen molar-refractivity contribution in [3.63, 3.8) is 0 Å². The first-order chi connectivity index (χ1) is 11.1. The quantitative estimate of drug-likeness (QED) is 0.732. The Hall–Kier alpha value is -2.83. The molecule has 1 aromatic carbocycles. The van der Waals surface area contributed by atoms with Crippen LogP contribution in [0.5, 0.6) is 0 Å². The molecule has 0 aliphatic heterocycles. The Morgan fingerprint density at radius 2 is 2.22 bits per heavy atom. The van der Waals surface area contributed by atoms with Gasteiger partial charge in [-0.25, -0.2) is 9.37 Å². The van der Waals surface area contributed by atoms with Crippen LogP contribution >= 0.6 is 0 Å². The number of pyridine rings is 1. The molecule has 0 aliphatic rings. The highest BCUT2D eigenvalue weighted by Gasteiger charge is 2.12. The van der Waals surface area contributed by atoms with Gasteiger partial charge < -0.3 is 5.32 Å². The molecule has 0 bridgehead atoms. The van der Waals surface area contributed by atoms with Crippen LogP contribution in [0.2, 0.25) is 0 Å². The van der Waals surface area contributed by atoms with Gasteiger partial charge in [0.1, 0.15) is 18.5 Å². The normalized spacial score (nSPS) is 10.9. The average Bonchev–Trinajstić information content (AvgIpc) is 3.03. The molecule has 0 aliphatic carbocycles. The van der Waals surface area contributed by atoms with Gasteiger partial charge in [-0.1, -0.05) is 0 Å². The SMILES string of the molecule is Cc1cc(C(=O)NCCCn2cncn2)c2ccc(F)cc2n1. The molecule has 0 fully saturated rings. The van der Waals surface area contributed by atoms with E-state index in [2.05, 4.69) is 20.4 Å². The number of halogens is 1. The van der Waals surface area contributed by atoms with Gasteiger partial charge in [0.15, 0.2) is 0 Å². The van der Waals surface area contributed by atoms with Gasteiger partial charge in [-0.2, -0.15) is 5.10 Å². The molecular formula is C16H16FN5O. The maximum absolute atomic E-state index is 13.3. The predicted molar refractivity (Wildman–Crippen MR) is 83.4 cm³/mol. The highest BCUT2D eigenvalue weighted by molar-refractivity contribution is 6.06. The van der Waals surface area contributed by atoms with Gasteiger partial charge in [-0.3, -0.25) is 14.5 Å². The van der Waals surface area contributed by atoms with Gasteiger partial charge in [-0.05, 0) is 31.5 Å². The smallest absolute Gasteiger partial charge is 0.252 e. The van der Waals surface area contributed by atoms with Crippen molar-refractivity contribution >= 4 is 16.8 Å². The van der Waals surface area contributed by atoms with Crippen LogP contribution in [0.15, 0.2) is 36.9 Å². The molecular weight excluding hydrogens is 297 g/mol. The van der Waals surface area contributed by atoms with E-state index in [4.69, 9.17) is 0 Å². The minimum atomic E-state index is -0.366. The van der Waals surface area contributed by atoms with E-state index >= 15 is 0 Å². The summed E-state index contributed by atoms with van der Waals surface area (Å²) >= 11 is 0. The summed E-state index contributed by atoms with van der Waals surface area (Å²) in [6.07, 6.45) is 3.85. The van der Waals surface area contributed by atoms with Crippen molar-refractivity contribution in [2.45, 2.75) is 19.9 Å². The fourth-order valence-electron chi connectivity index (χ4n) is 2.41. The van der Waals surface area contributed by atoms with E-state index in [1.54, 1.807) is 30.1 Å². The zero-order valence-corrected chi connectivity index (χ0v) is 12.7. The lowest BCUT2D eigenvalue weighted by molar-refractivity contribution is 0.0954. The average molecular weight is 313 g/mol. The molecule has 23 heavy (non-hydrogen) atoms. The first kappa shape index (κ1) is 15.1. The standard InChI is InChI=1S/C16H16FN5O/c1-11-7-14(13-4-3-12(17)8-15(13)21-11)16(23)19-5-2-6-22-10-18-9-20-22/h3-4,7-10H,2,5-6H2,1H3,(H,19,23). The van der Waals surface area contributed by atoms with Crippen molar-refractivity contribution in [3.05, 3.63) is 54.0 Å². The molecule has 3 aromatic rings. The molecule has 2 aromatic heterocycles. The molecule has 0 atom stereocenters. The zero-order chi connectivity index (χ0) is 16.2. The number of aryl methyl sites for hydroxylation is 2. The van der Waals surface area contributed by atoms with Crippen LogP contribution in [-0.2, 0) is 6.54 Å². The molecule has 2 heterocycles. The number of fused-ring (bicyclic) bond motifs is 1.